The van der Waals surface area contributed by atoms with E-state index in [0.29, 0.717) is 13.2 Å². The Kier molecular flexibility index (Phi) is 5.86. The van der Waals surface area contributed by atoms with E-state index >= 15 is 0 Å². The zero-order valence-electron chi connectivity index (χ0n) is 10.4. The number of rotatable bonds is 5. The van der Waals surface area contributed by atoms with E-state index in [4.69, 9.17) is 4.74 Å². The van der Waals surface area contributed by atoms with E-state index in [1.54, 1.807) is 0 Å². The molecule has 0 radical (unpaired) electrons. The smallest absolute Gasteiger partial charge is 0.407 e. The van der Waals surface area contributed by atoms with Gasteiger partial charge in [-0.3, -0.25) is 0 Å². The molecule has 3 heteroatoms. The summed E-state index contributed by atoms with van der Waals surface area (Å²) in [6, 6.07) is 9.63. The zero-order valence-corrected chi connectivity index (χ0v) is 10.4. The van der Waals surface area contributed by atoms with Gasteiger partial charge in [-0.05, 0) is 25.8 Å². The molecule has 0 heterocycles. The van der Waals surface area contributed by atoms with Crippen LogP contribution < -0.4 is 5.32 Å². The minimum Gasteiger partial charge on any atom is -0.445 e. The molecule has 0 unspecified atom stereocenters. The number of carbonyl (C=O) groups is 1. The van der Waals surface area contributed by atoms with E-state index in [1.807, 2.05) is 44.2 Å². The van der Waals surface area contributed by atoms with Crippen molar-refractivity contribution in [2.75, 3.05) is 6.54 Å². The van der Waals surface area contributed by atoms with Crippen LogP contribution in [0.4, 0.5) is 4.79 Å². The first-order valence-corrected chi connectivity index (χ1v) is 5.76. The lowest BCUT2D eigenvalue weighted by Gasteiger charge is -2.06. The second-order valence-electron chi connectivity index (χ2n) is 4.06. The molecule has 3 nitrogen and oxygen atoms in total. The number of benzene rings is 1. The van der Waals surface area contributed by atoms with Crippen LogP contribution in [-0.4, -0.2) is 12.6 Å². The highest BCUT2D eigenvalue weighted by Crippen LogP contribution is 2.00. The average molecular weight is 233 g/mol. The Morgan fingerprint density at radius 2 is 2.00 bits per heavy atom. The summed E-state index contributed by atoms with van der Waals surface area (Å²) in [4.78, 5) is 11.3. The monoisotopic (exact) mass is 233 g/mol. The van der Waals surface area contributed by atoms with Crippen molar-refractivity contribution < 1.29 is 9.53 Å². The molecule has 0 spiro atoms. The molecule has 1 rings (SSSR count). The average Bonchev–Trinajstić information content (AvgIpc) is 2.33. The van der Waals surface area contributed by atoms with Crippen LogP contribution >= 0.6 is 0 Å². The highest BCUT2D eigenvalue weighted by molar-refractivity contribution is 5.67. The second kappa shape index (κ2) is 7.49. The lowest BCUT2D eigenvalue weighted by atomic mass is 10.2. The topological polar surface area (TPSA) is 38.3 Å². The lowest BCUT2D eigenvalue weighted by Crippen LogP contribution is -2.24. The fraction of sp³-hybridized carbons (Fsp3) is 0.357. The van der Waals surface area contributed by atoms with Crippen LogP contribution in [0.2, 0.25) is 0 Å². The van der Waals surface area contributed by atoms with E-state index in [1.165, 1.54) is 5.57 Å². The van der Waals surface area contributed by atoms with Gasteiger partial charge < -0.3 is 10.1 Å². The summed E-state index contributed by atoms with van der Waals surface area (Å²) in [5.41, 5.74) is 2.25. The van der Waals surface area contributed by atoms with Gasteiger partial charge in [-0.1, -0.05) is 42.0 Å². The molecule has 0 aliphatic rings. The number of hydrogen-bond acceptors (Lipinski definition) is 2. The van der Waals surface area contributed by atoms with Crippen LogP contribution in [-0.2, 0) is 11.3 Å². The first kappa shape index (κ1) is 13.3. The fourth-order valence-corrected chi connectivity index (χ4v) is 1.31. The third-order valence-electron chi connectivity index (χ3n) is 2.18. The van der Waals surface area contributed by atoms with Crippen molar-refractivity contribution in [1.82, 2.24) is 5.32 Å². The van der Waals surface area contributed by atoms with E-state index in [-0.39, 0.29) is 6.09 Å². The predicted molar refractivity (Wildman–Crippen MR) is 68.7 cm³/mol. The number of alkyl carbamates (subject to hydrolysis) is 1. The number of ether oxygens (including phenoxy) is 1. The molecular formula is C14H19NO2. The number of allylic oxidation sites excluding steroid dienone is 1. The number of hydrogen-bond donors (Lipinski definition) is 1. The third-order valence-corrected chi connectivity index (χ3v) is 2.18. The largest absolute Gasteiger partial charge is 0.445 e. The van der Waals surface area contributed by atoms with Gasteiger partial charge in [0, 0.05) is 6.54 Å². The summed E-state index contributed by atoms with van der Waals surface area (Å²) in [7, 11) is 0. The van der Waals surface area contributed by atoms with Crippen LogP contribution in [0.25, 0.3) is 0 Å². The summed E-state index contributed by atoms with van der Waals surface area (Å²) in [5, 5.41) is 2.70. The molecule has 0 saturated carbocycles. The highest BCUT2D eigenvalue weighted by Gasteiger charge is 2.00. The van der Waals surface area contributed by atoms with Gasteiger partial charge in [0.1, 0.15) is 6.61 Å². The first-order valence-electron chi connectivity index (χ1n) is 5.76. The minimum absolute atomic E-state index is 0.315. The van der Waals surface area contributed by atoms with Crippen molar-refractivity contribution in [3.8, 4) is 0 Å². The van der Waals surface area contributed by atoms with Gasteiger partial charge in [0.2, 0.25) is 0 Å². The Hall–Kier alpha value is -1.77. The van der Waals surface area contributed by atoms with Gasteiger partial charge in [-0.2, -0.15) is 0 Å². The number of carbonyl (C=O) groups excluding carboxylic acids is 1. The Morgan fingerprint density at radius 1 is 1.29 bits per heavy atom. The SMILES string of the molecule is CC(C)=CCCNC(=O)OCc1ccccc1. The molecule has 0 fully saturated rings. The third kappa shape index (κ3) is 6.40. The van der Waals surface area contributed by atoms with E-state index < -0.39 is 0 Å². The molecule has 0 aliphatic heterocycles. The summed E-state index contributed by atoms with van der Waals surface area (Å²) in [6.07, 6.45) is 2.55. The molecule has 0 aromatic heterocycles. The fourth-order valence-electron chi connectivity index (χ4n) is 1.31. The van der Waals surface area contributed by atoms with Crippen LogP contribution in [0, 0.1) is 0 Å². The molecule has 92 valence electrons. The summed E-state index contributed by atoms with van der Waals surface area (Å²) in [5.74, 6) is 0. The summed E-state index contributed by atoms with van der Waals surface area (Å²) >= 11 is 0. The van der Waals surface area contributed by atoms with Crippen LogP contribution in [0.3, 0.4) is 0 Å². The molecule has 17 heavy (non-hydrogen) atoms. The molecule has 1 amide bonds. The Morgan fingerprint density at radius 3 is 2.65 bits per heavy atom. The molecule has 1 N–H and O–H groups in total. The maximum Gasteiger partial charge on any atom is 0.407 e. The molecule has 0 atom stereocenters. The maximum absolute atomic E-state index is 11.3. The molecular weight excluding hydrogens is 214 g/mol. The highest BCUT2D eigenvalue weighted by atomic mass is 16.5. The Bertz CT molecular complexity index is 367. The van der Waals surface area contributed by atoms with Gasteiger partial charge in [0.15, 0.2) is 0 Å². The van der Waals surface area contributed by atoms with Crippen molar-refractivity contribution in [2.45, 2.75) is 26.9 Å². The Labute approximate surface area is 102 Å². The van der Waals surface area contributed by atoms with Crippen molar-refractivity contribution in [1.29, 1.82) is 0 Å². The molecule has 0 bridgehead atoms. The lowest BCUT2D eigenvalue weighted by molar-refractivity contribution is 0.140. The minimum atomic E-state index is -0.365. The molecule has 1 aromatic rings. The van der Waals surface area contributed by atoms with Gasteiger partial charge in [0.25, 0.3) is 0 Å². The predicted octanol–water partition coefficient (Wildman–Crippen LogP) is 3.27. The molecule has 0 saturated heterocycles. The molecule has 1 aromatic carbocycles. The molecule has 0 aliphatic carbocycles. The quantitative estimate of drug-likeness (QED) is 0.626. The number of amides is 1. The summed E-state index contributed by atoms with van der Waals surface area (Å²) in [6.45, 7) is 5.00. The first-order chi connectivity index (χ1) is 8.18. The van der Waals surface area contributed by atoms with E-state index in [9.17, 15) is 4.79 Å². The van der Waals surface area contributed by atoms with Gasteiger partial charge in [0.05, 0.1) is 0 Å². The van der Waals surface area contributed by atoms with Crippen molar-refractivity contribution in [3.05, 3.63) is 47.5 Å². The van der Waals surface area contributed by atoms with Crippen molar-refractivity contribution in [2.24, 2.45) is 0 Å². The van der Waals surface area contributed by atoms with Gasteiger partial charge in [-0.15, -0.1) is 0 Å². The normalized spacial score (nSPS) is 9.53. The van der Waals surface area contributed by atoms with Crippen LogP contribution in [0.5, 0.6) is 0 Å². The standard InChI is InChI=1S/C14H19NO2/c1-12(2)7-6-10-15-14(16)17-11-13-8-4-3-5-9-13/h3-5,7-9H,6,10-11H2,1-2H3,(H,15,16). The van der Waals surface area contributed by atoms with E-state index in [2.05, 4.69) is 11.4 Å². The van der Waals surface area contributed by atoms with Gasteiger partial charge in [-0.25, -0.2) is 4.79 Å². The van der Waals surface area contributed by atoms with E-state index in [0.717, 1.165) is 12.0 Å². The zero-order chi connectivity index (χ0) is 12.5. The van der Waals surface area contributed by atoms with Gasteiger partial charge >= 0.3 is 6.09 Å². The maximum atomic E-state index is 11.3. The second-order valence-corrected chi connectivity index (χ2v) is 4.06. The van der Waals surface area contributed by atoms with Crippen LogP contribution in [0.15, 0.2) is 42.0 Å². The van der Waals surface area contributed by atoms with Crippen LogP contribution in [0.1, 0.15) is 25.8 Å². The summed E-state index contributed by atoms with van der Waals surface area (Å²) < 4.78 is 5.06. The van der Waals surface area contributed by atoms with Crippen molar-refractivity contribution >= 4 is 6.09 Å². The van der Waals surface area contributed by atoms with Crippen molar-refractivity contribution in [3.63, 3.8) is 0 Å². The Balaban J connectivity index is 2.16. The number of nitrogens with one attached hydrogen (secondary N) is 1.